The number of anilines is 1. The minimum Gasteiger partial charge on any atom is -0.352 e. The van der Waals surface area contributed by atoms with Crippen molar-refractivity contribution >= 4 is 69.6 Å². The molecular weight excluding hydrogens is 1270 g/mol. The van der Waals surface area contributed by atoms with Gasteiger partial charge in [0.05, 0.1) is 17.8 Å². The maximum Gasteiger partial charge on any atom is 0.252 e. The molecule has 5 aromatic carbocycles. The summed E-state index contributed by atoms with van der Waals surface area (Å²) < 4.78 is 0. The minimum atomic E-state index is -0.674. The number of hydrogen-bond acceptors (Lipinski definition) is 10. The van der Waals surface area contributed by atoms with Crippen LogP contribution in [0.2, 0.25) is 0 Å². The summed E-state index contributed by atoms with van der Waals surface area (Å²) in [6.45, 7) is 24.3. The van der Waals surface area contributed by atoms with Crippen LogP contribution < -0.4 is 31.5 Å². The van der Waals surface area contributed by atoms with Crippen molar-refractivity contribution in [1.82, 2.24) is 41.3 Å². The number of hydrogen-bond donors (Lipinski definition) is 5. The van der Waals surface area contributed by atoms with E-state index in [1.165, 1.54) is 92.4 Å². The molecule has 5 N–H and O–H groups in total. The number of likely N-dealkylation sites (tertiary alicyclic amines) is 3. The van der Waals surface area contributed by atoms with Gasteiger partial charge in [0.15, 0.2) is 0 Å². The molecule has 0 aromatic heterocycles. The highest BCUT2D eigenvalue weighted by molar-refractivity contribution is 7.99. The van der Waals surface area contributed by atoms with Crippen LogP contribution >= 0.6 is 11.8 Å². The van der Waals surface area contributed by atoms with Crippen LogP contribution in [0.1, 0.15) is 192 Å². The Bertz CT molecular complexity index is 3570. The van der Waals surface area contributed by atoms with E-state index >= 15 is 0 Å². The minimum absolute atomic E-state index is 0.0343. The van der Waals surface area contributed by atoms with Gasteiger partial charge in [-0.15, -0.1) is 11.8 Å². The van der Waals surface area contributed by atoms with Gasteiger partial charge in [0.25, 0.3) is 11.8 Å². The van der Waals surface area contributed by atoms with E-state index < -0.39 is 17.5 Å². The van der Waals surface area contributed by atoms with Crippen molar-refractivity contribution in [3.8, 4) is 0 Å². The number of amides is 7. The number of fused-ring (bicyclic) bond motifs is 5. The van der Waals surface area contributed by atoms with E-state index in [2.05, 4.69) is 92.7 Å². The third kappa shape index (κ3) is 19.2. The zero-order chi connectivity index (χ0) is 71.0. The maximum absolute atomic E-state index is 13.9. The Kier molecular flexibility index (Phi) is 27.0. The summed E-state index contributed by atoms with van der Waals surface area (Å²) in [5.41, 5.74) is 4.84. The molecule has 0 unspecified atom stereocenters. The zero-order valence-electron chi connectivity index (χ0n) is 61.3. The Morgan fingerprint density at radius 3 is 2.02 bits per heavy atom. The molecule has 5 fully saturated rings. The number of benzene rings is 5. The number of rotatable bonds is 21. The van der Waals surface area contributed by atoms with Crippen molar-refractivity contribution in [2.75, 3.05) is 56.5 Å². The maximum atomic E-state index is 13.9. The van der Waals surface area contributed by atoms with Crippen molar-refractivity contribution < 1.29 is 33.6 Å². The molecule has 3 saturated heterocycles. The largest absolute Gasteiger partial charge is 0.352 e. The molecule has 0 spiro atoms. The molecule has 4 heterocycles. The number of carbonyl (C=O) groups is 7. The van der Waals surface area contributed by atoms with E-state index in [4.69, 9.17) is 0 Å². The van der Waals surface area contributed by atoms with Gasteiger partial charge in [-0.3, -0.25) is 38.5 Å². The monoisotopic (exact) mass is 1380 g/mol. The van der Waals surface area contributed by atoms with Crippen molar-refractivity contribution in [2.45, 2.75) is 219 Å². The van der Waals surface area contributed by atoms with Crippen LogP contribution in [0, 0.1) is 40.9 Å². The second kappa shape index (κ2) is 35.7. The van der Waals surface area contributed by atoms with E-state index in [0.717, 1.165) is 98.0 Å². The first-order valence-corrected chi connectivity index (χ1v) is 39.1. The molecule has 3 aliphatic carbocycles. The van der Waals surface area contributed by atoms with Gasteiger partial charge in [0, 0.05) is 78.3 Å². The number of nitrogens with zero attached hydrogens (tertiary/aromatic N) is 4. The summed E-state index contributed by atoms with van der Waals surface area (Å²) in [6, 6.07) is 40.0. The van der Waals surface area contributed by atoms with Crippen LogP contribution in [-0.2, 0) is 41.6 Å². The van der Waals surface area contributed by atoms with Crippen LogP contribution in [0.4, 0.5) is 5.69 Å². The molecule has 12 atom stereocenters. The fourth-order valence-electron chi connectivity index (χ4n) is 16.3. The van der Waals surface area contributed by atoms with Gasteiger partial charge in [0.1, 0.15) is 18.6 Å². The molecule has 12 rings (SSSR count). The van der Waals surface area contributed by atoms with Crippen LogP contribution in [0.5, 0.6) is 0 Å². The van der Waals surface area contributed by atoms with Crippen LogP contribution in [0.15, 0.2) is 126 Å². The third-order valence-corrected chi connectivity index (χ3v) is 24.3. The van der Waals surface area contributed by atoms with E-state index in [9.17, 15) is 33.6 Å². The highest BCUT2D eigenvalue weighted by atomic mass is 32.2. The molecule has 2 saturated carbocycles. The lowest BCUT2D eigenvalue weighted by Gasteiger charge is -2.41. The van der Waals surface area contributed by atoms with Crippen LogP contribution in [0.25, 0.3) is 10.8 Å². The second-order valence-electron chi connectivity index (χ2n) is 30.9. The third-order valence-electron chi connectivity index (χ3n) is 23.1. The number of aryl methyl sites for hydroxylation is 1. The summed E-state index contributed by atoms with van der Waals surface area (Å²) in [5, 5.41) is 17.9. The van der Waals surface area contributed by atoms with E-state index in [0.29, 0.717) is 53.9 Å². The Hall–Kier alpha value is -7.08. The number of para-hydroxylation sites is 1. The first-order chi connectivity index (χ1) is 48.2. The normalized spacial score (nSPS) is 23.8. The standard InChI is InChI=1S/C29H39N3O3.C28H45N3O.C26H31N3O3S/c1-6-18(2)26(33)31-25(29(3,4)5)28(35)32-17-16-20-14-15-23(24(20)32)30-27(34)22-13-9-11-19-10-7-8-12-21(19)22;1-3-22(2)28(32)29-26(24-12-8-5-9-13-24)20-31-19-16-25-15-18-30(21-27(25)31)17-14-23-10-6-4-7-11-23;1-3-17(2)25(31)28-21-16-33-23-14-7-6-13-22(23)29(26(21)32)15-24(30)27-20-12-8-10-18-9-4-5-11-19(18)20/h7-13,18,20,23-25H,6,14-17H2,1-5H3,(H,30,34)(H,31,33);4,6-7,10-11,22,24-27H,3,5,8-9,12-21H2,1-2H3,(H,29,32);4-7,9,11,13-14,17,20-21H,3,8,10,12,15-16H2,1-2H3,(H,27,30)(H,28,31)/t18-,20-,23+,24+,25-;22-,25-,26-,27-;17-,20-,21-/m111/s1. The molecule has 7 amide bonds. The lowest BCUT2D eigenvalue weighted by molar-refractivity contribution is -0.141. The summed E-state index contributed by atoms with van der Waals surface area (Å²) in [6.07, 6.45) is 18.5. The number of carbonyl (C=O) groups excluding carboxylic acids is 7. The summed E-state index contributed by atoms with van der Waals surface area (Å²) in [4.78, 5) is 102. The predicted molar refractivity (Wildman–Crippen MR) is 403 cm³/mol. The Morgan fingerprint density at radius 1 is 0.610 bits per heavy atom. The van der Waals surface area contributed by atoms with Crippen molar-refractivity contribution in [1.29, 1.82) is 0 Å². The molecule has 17 heteroatoms. The van der Waals surface area contributed by atoms with Crippen molar-refractivity contribution in [3.63, 3.8) is 0 Å². The molecule has 16 nitrogen and oxygen atoms in total. The predicted octanol–water partition coefficient (Wildman–Crippen LogP) is 13.1. The van der Waals surface area contributed by atoms with Gasteiger partial charge in [0.2, 0.25) is 29.5 Å². The highest BCUT2D eigenvalue weighted by Gasteiger charge is 2.50. The molecule has 0 bridgehead atoms. The van der Waals surface area contributed by atoms with E-state index in [1.807, 2.05) is 132 Å². The summed E-state index contributed by atoms with van der Waals surface area (Å²) >= 11 is 1.53. The average Bonchev–Trinajstić information content (AvgIpc) is 1.61. The molecule has 5 aromatic rings. The SMILES string of the molecule is CC[C@@H](C)C(=O)N[C@@H]1CSc2ccccc2N(CC(=O)N[C@@H]2CCCc3ccccc32)C1=O.CC[C@@H](C)C(=O)N[C@H](C(=O)N1CC[C@H]2CC[C@H](NC(=O)c3cccc4ccccc34)[C@H]21)C(C)(C)C.CC[C@@H](C)C(=O)N[C@H](CN1CC[C@H]2CCN(CCc3ccccc3)C[C@H]21)C1CCCCC1. The number of thioether (sulfide) groups is 1. The summed E-state index contributed by atoms with van der Waals surface area (Å²) in [7, 11) is 0. The molecule has 100 heavy (non-hydrogen) atoms. The van der Waals surface area contributed by atoms with Gasteiger partial charge in [-0.1, -0.05) is 185 Å². The van der Waals surface area contributed by atoms with Gasteiger partial charge >= 0.3 is 0 Å². The topological polar surface area (TPSA) is 193 Å². The van der Waals surface area contributed by atoms with E-state index in [1.54, 1.807) is 0 Å². The Balaban J connectivity index is 0.000000162. The van der Waals surface area contributed by atoms with Crippen LogP contribution in [-0.4, -0.2) is 144 Å². The second-order valence-corrected chi connectivity index (χ2v) is 32.0. The summed E-state index contributed by atoms with van der Waals surface area (Å²) in [5.74, 6) is 1.62. The fourth-order valence-corrected chi connectivity index (χ4v) is 17.4. The molecule has 7 aliphatic rings. The van der Waals surface area contributed by atoms with E-state index in [-0.39, 0.29) is 83.8 Å². The Morgan fingerprint density at radius 2 is 1.27 bits per heavy atom. The highest BCUT2D eigenvalue weighted by Crippen LogP contribution is 2.41. The molecular formula is C83H115N9O7S. The first kappa shape index (κ1) is 75.6. The average molecular weight is 1380 g/mol. The molecule has 0 radical (unpaired) electrons. The lowest BCUT2D eigenvalue weighted by Crippen LogP contribution is -2.59. The van der Waals surface area contributed by atoms with Gasteiger partial charge in [-0.05, 0) is 172 Å². The number of nitrogens with one attached hydrogen (secondary N) is 5. The van der Waals surface area contributed by atoms with Crippen molar-refractivity contribution in [3.05, 3.63) is 144 Å². The fraction of sp³-hybridized carbons (Fsp3) is 0.578. The molecule has 540 valence electrons. The van der Waals surface area contributed by atoms with Crippen molar-refractivity contribution in [2.24, 2.45) is 40.9 Å². The number of piperidine rings is 1. The Labute approximate surface area is 600 Å². The van der Waals surface area contributed by atoms with Gasteiger partial charge in [-0.2, -0.15) is 0 Å². The van der Waals surface area contributed by atoms with Crippen LogP contribution in [0.3, 0.4) is 0 Å². The first-order valence-electron chi connectivity index (χ1n) is 38.1. The smallest absolute Gasteiger partial charge is 0.252 e. The zero-order valence-corrected chi connectivity index (χ0v) is 62.1. The van der Waals surface area contributed by atoms with Gasteiger partial charge < -0.3 is 41.3 Å². The quantitative estimate of drug-likeness (QED) is 0.0472. The molecule has 4 aliphatic heterocycles. The van der Waals surface area contributed by atoms with Gasteiger partial charge in [-0.25, -0.2) is 0 Å². The lowest BCUT2D eigenvalue weighted by atomic mass is 9.83.